The molecule has 0 atom stereocenters. The van der Waals surface area contributed by atoms with E-state index >= 15 is 0 Å². The zero-order chi connectivity index (χ0) is 24.3. The summed E-state index contributed by atoms with van der Waals surface area (Å²) in [5.74, 6) is 1.18. The number of rotatable bonds is 7. The van der Waals surface area contributed by atoms with Crippen LogP contribution in [0.15, 0.2) is 33.7 Å². The molecular formula is C24H35N5O4S. The van der Waals surface area contributed by atoms with Gasteiger partial charge in [-0.1, -0.05) is 38.1 Å². The molecule has 2 aliphatic rings. The lowest BCUT2D eigenvalue weighted by atomic mass is 9.87. The number of carbonyl (C=O) groups is 1. The number of aromatic nitrogens is 2. The molecule has 1 amide bonds. The fourth-order valence-electron chi connectivity index (χ4n) is 4.40. The second-order valence-corrected chi connectivity index (χ2v) is 12.1. The first-order valence-electron chi connectivity index (χ1n) is 12.1. The molecule has 0 unspecified atom stereocenters. The zero-order valence-electron chi connectivity index (χ0n) is 20.4. The molecule has 2 fully saturated rings. The third kappa shape index (κ3) is 5.84. The molecule has 4 rings (SSSR count). The van der Waals surface area contributed by atoms with E-state index in [1.165, 1.54) is 0 Å². The number of sulfonamides is 1. The van der Waals surface area contributed by atoms with Crippen molar-refractivity contribution in [1.29, 1.82) is 0 Å². The smallest absolute Gasteiger partial charge is 0.243 e. The molecule has 0 aliphatic carbocycles. The van der Waals surface area contributed by atoms with Crippen LogP contribution in [0.4, 0.5) is 0 Å². The van der Waals surface area contributed by atoms with E-state index in [0.717, 1.165) is 31.5 Å². The van der Waals surface area contributed by atoms with Gasteiger partial charge in [0.1, 0.15) is 0 Å². The Hall–Kier alpha value is -2.30. The van der Waals surface area contributed by atoms with Crippen LogP contribution in [0.3, 0.4) is 0 Å². The molecule has 34 heavy (non-hydrogen) atoms. The first-order chi connectivity index (χ1) is 16.1. The molecule has 3 heterocycles. The normalized spacial score (nSPS) is 18.5. The van der Waals surface area contributed by atoms with Crippen molar-refractivity contribution in [3.05, 3.63) is 41.5 Å². The van der Waals surface area contributed by atoms with Crippen LogP contribution in [0.25, 0.3) is 0 Å². The highest BCUT2D eigenvalue weighted by molar-refractivity contribution is 7.89. The van der Waals surface area contributed by atoms with Crippen molar-refractivity contribution in [2.24, 2.45) is 0 Å². The number of aryl methyl sites for hydroxylation is 1. The minimum absolute atomic E-state index is 0.0215. The van der Waals surface area contributed by atoms with Gasteiger partial charge in [0.05, 0.1) is 11.4 Å². The molecule has 10 heteroatoms. The Labute approximate surface area is 202 Å². The van der Waals surface area contributed by atoms with Gasteiger partial charge in [-0.25, -0.2) is 8.42 Å². The van der Waals surface area contributed by atoms with Crippen LogP contribution in [-0.4, -0.2) is 77.8 Å². The summed E-state index contributed by atoms with van der Waals surface area (Å²) in [6, 6.07) is 7.21. The number of amides is 1. The topological polar surface area (TPSA) is 99.8 Å². The van der Waals surface area contributed by atoms with Crippen molar-refractivity contribution < 1.29 is 17.7 Å². The molecular weight excluding hydrogens is 454 g/mol. The maximum Gasteiger partial charge on any atom is 0.243 e. The number of likely N-dealkylation sites (tertiary alicyclic amines) is 1. The van der Waals surface area contributed by atoms with E-state index in [9.17, 15) is 13.2 Å². The van der Waals surface area contributed by atoms with Crippen molar-refractivity contribution in [2.45, 2.75) is 63.3 Å². The number of benzene rings is 1. The monoisotopic (exact) mass is 489 g/mol. The minimum atomic E-state index is -3.52. The largest absolute Gasteiger partial charge is 0.343 e. The van der Waals surface area contributed by atoms with Crippen LogP contribution in [0.2, 0.25) is 0 Å². The highest BCUT2D eigenvalue weighted by Crippen LogP contribution is 2.25. The van der Waals surface area contributed by atoms with E-state index in [1.54, 1.807) is 16.4 Å². The van der Waals surface area contributed by atoms with E-state index in [1.807, 2.05) is 17.0 Å². The molecule has 9 nitrogen and oxygen atoms in total. The second kappa shape index (κ2) is 10.1. The van der Waals surface area contributed by atoms with Gasteiger partial charge in [-0.3, -0.25) is 9.69 Å². The van der Waals surface area contributed by atoms with Gasteiger partial charge in [0.25, 0.3) is 0 Å². The van der Waals surface area contributed by atoms with Gasteiger partial charge in [0.15, 0.2) is 5.82 Å². The summed E-state index contributed by atoms with van der Waals surface area (Å²) < 4.78 is 33.0. The highest BCUT2D eigenvalue weighted by Gasteiger charge is 2.29. The summed E-state index contributed by atoms with van der Waals surface area (Å²) in [4.78, 5) is 21.0. The van der Waals surface area contributed by atoms with Crippen molar-refractivity contribution in [2.75, 3.05) is 39.3 Å². The molecule has 0 N–H and O–H groups in total. The molecule has 2 aromatic rings. The van der Waals surface area contributed by atoms with Gasteiger partial charge in [-0.05, 0) is 36.0 Å². The van der Waals surface area contributed by atoms with E-state index in [0.29, 0.717) is 62.2 Å². The summed E-state index contributed by atoms with van der Waals surface area (Å²) in [6.07, 6.45) is 2.99. The van der Waals surface area contributed by atoms with Crippen LogP contribution < -0.4 is 0 Å². The Morgan fingerprint density at radius 3 is 2.26 bits per heavy atom. The van der Waals surface area contributed by atoms with Crippen molar-refractivity contribution in [3.63, 3.8) is 0 Å². The Morgan fingerprint density at radius 2 is 1.65 bits per heavy atom. The Kier molecular flexibility index (Phi) is 7.39. The van der Waals surface area contributed by atoms with E-state index < -0.39 is 10.0 Å². The number of piperazine rings is 1. The number of carbonyl (C=O) groups excluding carboxylic acids is 1. The number of hydrogen-bond donors (Lipinski definition) is 0. The summed E-state index contributed by atoms with van der Waals surface area (Å²) in [6.45, 7) is 10.5. The van der Waals surface area contributed by atoms with Crippen LogP contribution in [-0.2, 0) is 33.2 Å². The third-order valence-electron chi connectivity index (χ3n) is 6.58. The molecule has 1 aromatic heterocycles. The molecule has 2 aliphatic heterocycles. The number of nitrogens with zero attached hydrogens (tertiary/aromatic N) is 5. The molecule has 186 valence electrons. The third-order valence-corrected chi connectivity index (χ3v) is 8.49. The Morgan fingerprint density at radius 1 is 1.00 bits per heavy atom. The van der Waals surface area contributed by atoms with Crippen LogP contribution >= 0.6 is 0 Å². The number of hydrogen-bond acceptors (Lipinski definition) is 7. The van der Waals surface area contributed by atoms with Crippen molar-refractivity contribution >= 4 is 15.9 Å². The average molecular weight is 490 g/mol. The van der Waals surface area contributed by atoms with E-state index in [-0.39, 0.29) is 11.3 Å². The van der Waals surface area contributed by atoms with Crippen LogP contribution in [0, 0.1) is 0 Å². The lowest BCUT2D eigenvalue weighted by Gasteiger charge is -2.33. The summed E-state index contributed by atoms with van der Waals surface area (Å²) >= 11 is 0. The van der Waals surface area contributed by atoms with Crippen LogP contribution in [0.1, 0.15) is 57.3 Å². The quantitative estimate of drug-likeness (QED) is 0.589. The minimum Gasteiger partial charge on any atom is -0.343 e. The van der Waals surface area contributed by atoms with Gasteiger partial charge in [-0.15, -0.1) is 0 Å². The van der Waals surface area contributed by atoms with Gasteiger partial charge in [0, 0.05) is 52.1 Å². The highest BCUT2D eigenvalue weighted by atomic mass is 32.2. The molecule has 1 aromatic carbocycles. The standard InChI is InChI=1S/C24H35N5O4S/c1-24(2,3)19-6-8-20(9-7-19)34(31,32)29-16-14-27(15-17-29)18-21-25-22(33-26-21)10-11-23(30)28-12-4-5-13-28/h6-9H,4-5,10-18H2,1-3H3. The van der Waals surface area contributed by atoms with Gasteiger partial charge >= 0.3 is 0 Å². The first-order valence-corrected chi connectivity index (χ1v) is 13.5. The zero-order valence-corrected chi connectivity index (χ0v) is 21.2. The van der Waals surface area contributed by atoms with Gasteiger partial charge < -0.3 is 9.42 Å². The first kappa shape index (κ1) is 24.8. The maximum absolute atomic E-state index is 13.1. The average Bonchev–Trinajstić information content (AvgIpc) is 3.50. The predicted molar refractivity (Wildman–Crippen MR) is 128 cm³/mol. The van der Waals surface area contributed by atoms with E-state index in [4.69, 9.17) is 4.52 Å². The fraction of sp³-hybridized carbons (Fsp3) is 0.625. The lowest BCUT2D eigenvalue weighted by molar-refractivity contribution is -0.130. The predicted octanol–water partition coefficient (Wildman–Crippen LogP) is 2.43. The van der Waals surface area contributed by atoms with Crippen LogP contribution in [0.5, 0.6) is 0 Å². The summed E-state index contributed by atoms with van der Waals surface area (Å²) in [7, 11) is -3.52. The molecule has 0 radical (unpaired) electrons. The fourth-order valence-corrected chi connectivity index (χ4v) is 5.82. The SMILES string of the molecule is CC(C)(C)c1ccc(S(=O)(=O)N2CCN(Cc3noc(CCC(=O)N4CCCC4)n3)CC2)cc1. The van der Waals surface area contributed by atoms with Gasteiger partial charge in [-0.2, -0.15) is 9.29 Å². The molecule has 0 bridgehead atoms. The van der Waals surface area contributed by atoms with Crippen molar-refractivity contribution in [3.8, 4) is 0 Å². The summed E-state index contributed by atoms with van der Waals surface area (Å²) in [5.41, 5.74) is 1.09. The summed E-state index contributed by atoms with van der Waals surface area (Å²) in [5, 5.41) is 4.04. The Bertz CT molecular complexity index is 1080. The molecule has 2 saturated heterocycles. The Balaban J connectivity index is 1.26. The lowest BCUT2D eigenvalue weighted by Crippen LogP contribution is -2.48. The maximum atomic E-state index is 13.1. The molecule has 0 saturated carbocycles. The molecule has 0 spiro atoms. The van der Waals surface area contributed by atoms with E-state index in [2.05, 4.69) is 35.8 Å². The van der Waals surface area contributed by atoms with Crippen molar-refractivity contribution in [1.82, 2.24) is 24.2 Å². The second-order valence-electron chi connectivity index (χ2n) is 10.1. The van der Waals surface area contributed by atoms with Gasteiger partial charge in [0.2, 0.25) is 21.8 Å².